The number of fused-ring (bicyclic) bond motifs is 1. The fourth-order valence-electron chi connectivity index (χ4n) is 5.63. The van der Waals surface area contributed by atoms with Crippen molar-refractivity contribution in [1.82, 2.24) is 0 Å². The number of aromatic carboxylic acids is 1. The van der Waals surface area contributed by atoms with E-state index in [1.54, 1.807) is 18.2 Å². The number of hydrogen-bond acceptors (Lipinski definition) is 5. The standard InChI is InChI=1S/C32H31N5O3/c1-40-23-9-11-25(26(15-23)31(38)39)24-10-7-20(29(33)34)13-22(24)17-32(16-19-5-3-2-4-6-19)18-37-28-12-8-21(30(35)36)14-27(28)32/h2-15,37H,16-18H2,1H3,(H3,33,34)(H3,35,36)(H,38,39). The van der Waals surface area contributed by atoms with Crippen molar-refractivity contribution in [3.05, 3.63) is 118 Å². The molecule has 4 aromatic carbocycles. The molecule has 0 saturated heterocycles. The zero-order valence-electron chi connectivity index (χ0n) is 22.1. The monoisotopic (exact) mass is 533 g/mol. The van der Waals surface area contributed by atoms with Crippen LogP contribution in [0.2, 0.25) is 0 Å². The molecule has 8 nitrogen and oxygen atoms in total. The highest BCUT2D eigenvalue weighted by atomic mass is 16.5. The Morgan fingerprint density at radius 3 is 2.25 bits per heavy atom. The fourth-order valence-corrected chi connectivity index (χ4v) is 5.63. The number of rotatable bonds is 9. The number of amidine groups is 2. The first-order valence-corrected chi connectivity index (χ1v) is 12.9. The van der Waals surface area contributed by atoms with E-state index in [0.717, 1.165) is 27.9 Å². The van der Waals surface area contributed by atoms with Crippen LogP contribution >= 0.6 is 0 Å². The van der Waals surface area contributed by atoms with Gasteiger partial charge < -0.3 is 26.6 Å². The molecule has 8 N–H and O–H groups in total. The second kappa shape index (κ2) is 10.6. The number of anilines is 1. The minimum Gasteiger partial charge on any atom is -0.497 e. The van der Waals surface area contributed by atoms with Gasteiger partial charge >= 0.3 is 5.97 Å². The number of methoxy groups -OCH3 is 1. The molecule has 1 unspecified atom stereocenters. The minimum absolute atomic E-state index is 0.00749. The molecule has 4 aromatic rings. The molecule has 0 amide bonds. The van der Waals surface area contributed by atoms with Crippen LogP contribution in [0.25, 0.3) is 11.1 Å². The van der Waals surface area contributed by atoms with Gasteiger partial charge in [0.2, 0.25) is 0 Å². The van der Waals surface area contributed by atoms with E-state index in [2.05, 4.69) is 17.4 Å². The maximum atomic E-state index is 12.3. The van der Waals surface area contributed by atoms with E-state index in [1.807, 2.05) is 48.5 Å². The second-order valence-corrected chi connectivity index (χ2v) is 10.1. The Balaban J connectivity index is 1.72. The summed E-state index contributed by atoms with van der Waals surface area (Å²) in [6.45, 7) is 0.622. The quantitative estimate of drug-likeness (QED) is 0.134. The van der Waals surface area contributed by atoms with Crippen molar-refractivity contribution in [2.24, 2.45) is 11.5 Å². The summed E-state index contributed by atoms with van der Waals surface area (Å²) in [5, 5.41) is 29.8. The average Bonchev–Trinajstić information content (AvgIpc) is 3.30. The molecule has 0 aliphatic carbocycles. The maximum Gasteiger partial charge on any atom is 0.336 e. The molecule has 5 rings (SSSR count). The summed E-state index contributed by atoms with van der Waals surface area (Å²) in [4.78, 5) is 12.3. The van der Waals surface area contributed by atoms with Gasteiger partial charge in [-0.2, -0.15) is 0 Å². The highest BCUT2D eigenvalue weighted by Crippen LogP contribution is 2.44. The van der Waals surface area contributed by atoms with Crippen LogP contribution in [0, 0.1) is 10.8 Å². The molecule has 8 heteroatoms. The van der Waals surface area contributed by atoms with Gasteiger partial charge in [0.05, 0.1) is 12.7 Å². The van der Waals surface area contributed by atoms with Crippen LogP contribution in [0.5, 0.6) is 5.75 Å². The van der Waals surface area contributed by atoms with Crippen molar-refractivity contribution >= 4 is 23.3 Å². The number of nitrogens with two attached hydrogens (primary N) is 2. The summed E-state index contributed by atoms with van der Waals surface area (Å²) < 4.78 is 5.29. The molecule has 1 heterocycles. The largest absolute Gasteiger partial charge is 0.497 e. The van der Waals surface area contributed by atoms with E-state index in [0.29, 0.717) is 41.8 Å². The van der Waals surface area contributed by atoms with Gasteiger partial charge in [-0.25, -0.2) is 4.79 Å². The van der Waals surface area contributed by atoms with Gasteiger partial charge in [-0.1, -0.05) is 42.5 Å². The zero-order chi connectivity index (χ0) is 28.4. The molecule has 0 spiro atoms. The predicted octanol–water partition coefficient (Wildman–Crippen LogP) is 4.78. The molecule has 202 valence electrons. The molecular weight excluding hydrogens is 502 g/mol. The van der Waals surface area contributed by atoms with Gasteiger partial charge in [0.15, 0.2) is 0 Å². The lowest BCUT2D eigenvalue weighted by atomic mass is 9.71. The Hall–Kier alpha value is -5.11. The summed E-state index contributed by atoms with van der Waals surface area (Å²) in [5.74, 6) is -0.684. The predicted molar refractivity (Wildman–Crippen MR) is 158 cm³/mol. The third-order valence-corrected chi connectivity index (χ3v) is 7.60. The van der Waals surface area contributed by atoms with Gasteiger partial charge in [-0.15, -0.1) is 0 Å². The lowest BCUT2D eigenvalue weighted by molar-refractivity contribution is 0.0697. The number of carboxylic acids is 1. The van der Waals surface area contributed by atoms with Crippen molar-refractivity contribution < 1.29 is 14.6 Å². The van der Waals surface area contributed by atoms with E-state index in [-0.39, 0.29) is 17.2 Å². The van der Waals surface area contributed by atoms with Gasteiger partial charge in [-0.05, 0) is 83.1 Å². The molecular formula is C32H31N5O3. The Kier molecular flexibility index (Phi) is 7.00. The normalized spacial score (nSPS) is 15.6. The van der Waals surface area contributed by atoms with Gasteiger partial charge in [0, 0.05) is 28.8 Å². The second-order valence-electron chi connectivity index (χ2n) is 10.1. The Bertz CT molecular complexity index is 1630. The van der Waals surface area contributed by atoms with Crippen molar-refractivity contribution in [2.45, 2.75) is 18.3 Å². The number of benzene rings is 4. The fraction of sp³-hybridized carbons (Fsp3) is 0.156. The van der Waals surface area contributed by atoms with Gasteiger partial charge in [0.1, 0.15) is 17.4 Å². The summed E-state index contributed by atoms with van der Waals surface area (Å²) in [6, 6.07) is 26.4. The van der Waals surface area contributed by atoms with Crippen molar-refractivity contribution in [2.75, 3.05) is 19.0 Å². The summed E-state index contributed by atoms with van der Waals surface area (Å²) >= 11 is 0. The molecule has 0 saturated carbocycles. The number of nitrogen functional groups attached to an aromatic ring is 2. The lowest BCUT2D eigenvalue weighted by Gasteiger charge is -2.31. The van der Waals surface area contributed by atoms with Gasteiger partial charge in [0.25, 0.3) is 0 Å². The smallest absolute Gasteiger partial charge is 0.336 e. The number of hydrogen-bond donors (Lipinski definition) is 6. The maximum absolute atomic E-state index is 12.3. The Morgan fingerprint density at radius 1 is 0.900 bits per heavy atom. The third-order valence-electron chi connectivity index (χ3n) is 7.60. The number of carbonyl (C=O) groups is 1. The van der Waals surface area contributed by atoms with E-state index in [9.17, 15) is 9.90 Å². The van der Waals surface area contributed by atoms with Crippen LogP contribution in [0.4, 0.5) is 5.69 Å². The molecule has 1 aliphatic heterocycles. The summed E-state index contributed by atoms with van der Waals surface area (Å²) in [7, 11) is 1.50. The SMILES string of the molecule is COc1ccc(-c2ccc(C(=N)N)cc2CC2(Cc3ccccc3)CNc3ccc(C(=N)N)cc32)c(C(=O)O)c1. The number of ether oxygens (including phenoxy) is 1. The molecule has 1 atom stereocenters. The molecule has 1 aliphatic rings. The average molecular weight is 534 g/mol. The Labute approximate surface area is 232 Å². The molecule has 40 heavy (non-hydrogen) atoms. The third kappa shape index (κ3) is 4.99. The van der Waals surface area contributed by atoms with Crippen molar-refractivity contribution in [3.63, 3.8) is 0 Å². The first-order chi connectivity index (χ1) is 19.2. The molecule has 0 bridgehead atoms. The van der Waals surface area contributed by atoms with Crippen LogP contribution in [0.3, 0.4) is 0 Å². The van der Waals surface area contributed by atoms with Crippen molar-refractivity contribution in [3.8, 4) is 16.9 Å². The van der Waals surface area contributed by atoms with E-state index in [1.165, 1.54) is 13.2 Å². The molecule has 0 radical (unpaired) electrons. The van der Waals surface area contributed by atoms with E-state index in [4.69, 9.17) is 27.0 Å². The lowest BCUT2D eigenvalue weighted by Crippen LogP contribution is -2.34. The van der Waals surface area contributed by atoms with Crippen LogP contribution in [0.15, 0.2) is 84.9 Å². The number of nitrogens with one attached hydrogen (secondary N) is 3. The summed E-state index contributed by atoms with van der Waals surface area (Å²) in [6.07, 6.45) is 1.21. The highest BCUT2D eigenvalue weighted by Gasteiger charge is 2.40. The van der Waals surface area contributed by atoms with E-state index < -0.39 is 11.4 Å². The Morgan fingerprint density at radius 2 is 1.57 bits per heavy atom. The molecule has 0 fully saturated rings. The van der Waals surface area contributed by atoms with Crippen molar-refractivity contribution in [1.29, 1.82) is 10.8 Å². The zero-order valence-corrected chi connectivity index (χ0v) is 22.1. The number of carboxylic acid groups (broad SMARTS) is 1. The van der Waals surface area contributed by atoms with Crippen LogP contribution in [0.1, 0.15) is 38.2 Å². The van der Waals surface area contributed by atoms with E-state index >= 15 is 0 Å². The first-order valence-electron chi connectivity index (χ1n) is 12.9. The highest BCUT2D eigenvalue weighted by molar-refractivity contribution is 5.99. The summed E-state index contributed by atoms with van der Waals surface area (Å²) in [5.41, 5.74) is 18.0. The van der Waals surface area contributed by atoms with Crippen LogP contribution < -0.4 is 21.5 Å². The van der Waals surface area contributed by atoms with Crippen LogP contribution in [-0.2, 0) is 18.3 Å². The van der Waals surface area contributed by atoms with Crippen LogP contribution in [-0.4, -0.2) is 36.4 Å². The van der Waals surface area contributed by atoms with Gasteiger partial charge in [-0.3, -0.25) is 10.8 Å². The minimum atomic E-state index is -1.06. The first kappa shape index (κ1) is 26.5. The molecule has 0 aromatic heterocycles. The topological polar surface area (TPSA) is 158 Å².